The molecule has 0 aliphatic carbocycles. The second-order valence-electron chi connectivity index (χ2n) is 4.30. The summed E-state index contributed by atoms with van der Waals surface area (Å²) in [5, 5.41) is 3.30. The molecule has 0 saturated heterocycles. The normalized spacial score (nSPS) is 11.0. The van der Waals surface area contributed by atoms with Crippen LogP contribution in [-0.4, -0.2) is 39.0 Å². The second-order valence-corrected chi connectivity index (χ2v) is 4.30. The van der Waals surface area contributed by atoms with E-state index in [2.05, 4.69) is 32.7 Å². The quantitative estimate of drug-likeness (QED) is 0.436. The Morgan fingerprint density at radius 3 is 2.50 bits per heavy atom. The van der Waals surface area contributed by atoms with E-state index in [1.54, 1.807) is 0 Å². The molecule has 0 spiro atoms. The summed E-state index contributed by atoms with van der Waals surface area (Å²) in [6, 6.07) is 0.495. The van der Waals surface area contributed by atoms with Crippen molar-refractivity contribution >= 4 is 0 Å². The molecule has 0 aromatic rings. The summed E-state index contributed by atoms with van der Waals surface area (Å²) in [6.07, 6.45) is 2.31. The molecule has 0 saturated carbocycles. The van der Waals surface area contributed by atoms with Crippen molar-refractivity contribution in [2.24, 2.45) is 0 Å². The monoisotopic (exact) mass is 229 g/mol. The highest BCUT2D eigenvalue weighted by atomic mass is 16.5. The van der Waals surface area contributed by atoms with Crippen LogP contribution in [0.1, 0.15) is 33.6 Å². The summed E-state index contributed by atoms with van der Waals surface area (Å²) in [4.78, 5) is 0. The van der Waals surface area contributed by atoms with E-state index in [0.717, 1.165) is 25.1 Å². The van der Waals surface area contributed by atoms with Crippen molar-refractivity contribution in [2.45, 2.75) is 39.7 Å². The average molecular weight is 229 g/mol. The highest BCUT2D eigenvalue weighted by Crippen LogP contribution is 1.92. The van der Waals surface area contributed by atoms with Gasteiger partial charge in [0.05, 0.1) is 19.8 Å². The van der Waals surface area contributed by atoms with Crippen molar-refractivity contribution in [3.05, 3.63) is 12.2 Å². The van der Waals surface area contributed by atoms with Gasteiger partial charge < -0.3 is 14.8 Å². The largest absolute Gasteiger partial charge is 0.379 e. The molecule has 96 valence electrons. The van der Waals surface area contributed by atoms with Crippen LogP contribution in [0.4, 0.5) is 0 Å². The molecule has 0 unspecified atom stereocenters. The first kappa shape index (κ1) is 15.6. The van der Waals surface area contributed by atoms with Gasteiger partial charge in [-0.2, -0.15) is 0 Å². The molecule has 0 atom stereocenters. The van der Waals surface area contributed by atoms with Crippen LogP contribution < -0.4 is 5.32 Å². The van der Waals surface area contributed by atoms with Crippen LogP contribution in [0.2, 0.25) is 0 Å². The molecule has 3 nitrogen and oxygen atoms in total. The molecule has 0 amide bonds. The number of hydrogen-bond acceptors (Lipinski definition) is 3. The molecular weight excluding hydrogens is 202 g/mol. The van der Waals surface area contributed by atoms with Gasteiger partial charge in [-0.05, 0) is 12.0 Å². The lowest BCUT2D eigenvalue weighted by atomic mass is 10.3. The third-order valence-corrected chi connectivity index (χ3v) is 2.08. The van der Waals surface area contributed by atoms with Gasteiger partial charge in [0.1, 0.15) is 0 Å². The highest BCUT2D eigenvalue weighted by Gasteiger charge is 1.97. The maximum atomic E-state index is 5.44. The molecule has 0 aromatic heterocycles. The van der Waals surface area contributed by atoms with Crippen molar-refractivity contribution in [1.29, 1.82) is 0 Å². The van der Waals surface area contributed by atoms with Crippen LogP contribution in [0, 0.1) is 0 Å². The smallest absolute Gasteiger partial charge is 0.0704 e. The Bertz CT molecular complexity index is 169. The Balaban J connectivity index is 3.15. The van der Waals surface area contributed by atoms with E-state index in [4.69, 9.17) is 9.47 Å². The van der Waals surface area contributed by atoms with E-state index in [0.29, 0.717) is 25.9 Å². The van der Waals surface area contributed by atoms with Gasteiger partial charge in [0, 0.05) is 19.2 Å². The molecule has 0 bridgehead atoms. The molecule has 0 aliphatic heterocycles. The third kappa shape index (κ3) is 11.7. The first-order valence-corrected chi connectivity index (χ1v) is 6.22. The lowest BCUT2D eigenvalue weighted by Crippen LogP contribution is -2.26. The van der Waals surface area contributed by atoms with Crippen molar-refractivity contribution in [1.82, 2.24) is 5.32 Å². The zero-order valence-electron chi connectivity index (χ0n) is 11.1. The topological polar surface area (TPSA) is 30.5 Å². The maximum absolute atomic E-state index is 5.44. The fourth-order valence-electron chi connectivity index (χ4n) is 1.08. The van der Waals surface area contributed by atoms with E-state index >= 15 is 0 Å². The first-order chi connectivity index (χ1) is 7.66. The maximum Gasteiger partial charge on any atom is 0.0704 e. The minimum Gasteiger partial charge on any atom is -0.379 e. The van der Waals surface area contributed by atoms with Crippen LogP contribution in [0.5, 0.6) is 0 Å². The van der Waals surface area contributed by atoms with Gasteiger partial charge in [-0.3, -0.25) is 0 Å². The average Bonchev–Trinajstić information content (AvgIpc) is 2.25. The Morgan fingerprint density at radius 2 is 1.88 bits per heavy atom. The van der Waals surface area contributed by atoms with Crippen molar-refractivity contribution < 1.29 is 9.47 Å². The summed E-state index contributed by atoms with van der Waals surface area (Å²) < 4.78 is 10.8. The molecule has 0 radical (unpaired) electrons. The number of hydrogen-bond donors (Lipinski definition) is 1. The van der Waals surface area contributed by atoms with Gasteiger partial charge >= 0.3 is 0 Å². The minimum atomic E-state index is 0.495. The van der Waals surface area contributed by atoms with E-state index in [1.807, 2.05) is 0 Å². The van der Waals surface area contributed by atoms with Crippen LogP contribution >= 0.6 is 0 Å². The fourth-order valence-corrected chi connectivity index (χ4v) is 1.08. The summed E-state index contributed by atoms with van der Waals surface area (Å²) >= 11 is 0. The third-order valence-electron chi connectivity index (χ3n) is 2.08. The summed E-state index contributed by atoms with van der Waals surface area (Å²) in [5.41, 5.74) is 1.09. The van der Waals surface area contributed by atoms with Gasteiger partial charge in [-0.15, -0.1) is 0 Å². The van der Waals surface area contributed by atoms with Crippen LogP contribution in [-0.2, 0) is 9.47 Å². The Hall–Kier alpha value is -0.380. The lowest BCUT2D eigenvalue weighted by Gasteiger charge is -2.11. The Kier molecular flexibility index (Phi) is 10.9. The van der Waals surface area contributed by atoms with Gasteiger partial charge in [0.15, 0.2) is 0 Å². The van der Waals surface area contributed by atoms with E-state index in [1.165, 1.54) is 6.42 Å². The highest BCUT2D eigenvalue weighted by molar-refractivity contribution is 4.97. The Morgan fingerprint density at radius 1 is 1.19 bits per heavy atom. The summed E-state index contributed by atoms with van der Waals surface area (Å²) in [7, 11) is 0. The molecule has 0 heterocycles. The zero-order valence-corrected chi connectivity index (χ0v) is 11.1. The summed E-state index contributed by atoms with van der Waals surface area (Å²) in [5.74, 6) is 0. The number of unbranched alkanes of at least 4 members (excludes halogenated alkanes) is 1. The molecule has 0 fully saturated rings. The molecule has 16 heavy (non-hydrogen) atoms. The van der Waals surface area contributed by atoms with Gasteiger partial charge in [-0.1, -0.05) is 33.8 Å². The zero-order chi connectivity index (χ0) is 12.2. The van der Waals surface area contributed by atoms with Crippen molar-refractivity contribution in [3.63, 3.8) is 0 Å². The lowest BCUT2D eigenvalue weighted by molar-refractivity contribution is 0.0547. The van der Waals surface area contributed by atoms with Gasteiger partial charge in [0.2, 0.25) is 0 Å². The van der Waals surface area contributed by atoms with Crippen molar-refractivity contribution in [3.8, 4) is 0 Å². The van der Waals surface area contributed by atoms with Crippen LogP contribution in [0.25, 0.3) is 0 Å². The second kappa shape index (κ2) is 11.1. The SMILES string of the molecule is C=C(CNC(C)C)COCCOCCCC. The number of ether oxygens (including phenoxy) is 2. The summed E-state index contributed by atoms with van der Waals surface area (Å²) in [6.45, 7) is 14.0. The minimum absolute atomic E-state index is 0.495. The van der Waals surface area contributed by atoms with Gasteiger partial charge in [0.25, 0.3) is 0 Å². The molecule has 0 aliphatic rings. The van der Waals surface area contributed by atoms with E-state index < -0.39 is 0 Å². The molecule has 0 rings (SSSR count). The van der Waals surface area contributed by atoms with E-state index in [9.17, 15) is 0 Å². The Labute approximate surface area is 100 Å². The number of nitrogens with one attached hydrogen (secondary N) is 1. The fraction of sp³-hybridized carbons (Fsp3) is 0.846. The van der Waals surface area contributed by atoms with Crippen LogP contribution in [0.15, 0.2) is 12.2 Å². The molecule has 3 heteroatoms. The molecule has 1 N–H and O–H groups in total. The predicted molar refractivity (Wildman–Crippen MR) is 68.8 cm³/mol. The molecule has 0 aromatic carbocycles. The van der Waals surface area contributed by atoms with Crippen molar-refractivity contribution in [2.75, 3.05) is 33.0 Å². The molecular formula is C13H27NO2. The van der Waals surface area contributed by atoms with E-state index in [-0.39, 0.29) is 0 Å². The van der Waals surface area contributed by atoms with Gasteiger partial charge in [-0.25, -0.2) is 0 Å². The predicted octanol–water partition coefficient (Wildman–Crippen LogP) is 2.37. The standard InChI is InChI=1S/C13H27NO2/c1-5-6-7-15-8-9-16-11-13(4)10-14-12(2)3/h12,14H,4-11H2,1-3H3. The first-order valence-electron chi connectivity index (χ1n) is 6.22. The van der Waals surface area contributed by atoms with Crippen LogP contribution in [0.3, 0.4) is 0 Å². The number of rotatable bonds is 11.